The Morgan fingerprint density at radius 1 is 0.457 bits per heavy atom. The lowest BCUT2D eigenvalue weighted by Gasteiger charge is -2.28. The Labute approximate surface area is 542 Å². The number of fused-ring (bicyclic) bond motifs is 1. The quantitative estimate of drug-likeness (QED) is 0.0437. The van der Waals surface area contributed by atoms with Crippen molar-refractivity contribution in [3.05, 3.63) is 72.0 Å². The zero-order valence-corrected chi connectivity index (χ0v) is 56.1. The Morgan fingerprint density at radius 3 is 0.957 bits per heavy atom. The Hall–Kier alpha value is -6.07. The van der Waals surface area contributed by atoms with E-state index in [1.54, 1.807) is 57.4 Å². The molecule has 8 heterocycles. The van der Waals surface area contributed by atoms with Crippen LogP contribution in [0, 0.1) is 5.41 Å². The monoisotopic (exact) mass is 1300 g/mol. The SMILES string of the molecule is C=C(OCC1CO1)C(C)(C)CC.COCN(COC)c1nc(N(COC)COC)nc(N(COC)COC)n1.COCN1C(=O)N(COC)C2C1N(COC)C(=O)N2COC.c1cc(N(CC2CO2)CC2CO2)ccc1Cc1ccc(N(CC2CO2)CC2CO2)cc1. The van der Waals surface area contributed by atoms with E-state index >= 15 is 0 Å². The lowest BCUT2D eigenvalue weighted by molar-refractivity contribution is -0.0135. The fourth-order valence-electron chi connectivity index (χ4n) is 9.89. The maximum atomic E-state index is 12.6. The highest BCUT2D eigenvalue weighted by Gasteiger charge is 2.59. The molecule has 0 spiro atoms. The van der Waals surface area contributed by atoms with E-state index in [1.165, 1.54) is 70.5 Å². The van der Waals surface area contributed by atoms with E-state index in [9.17, 15) is 9.59 Å². The molecule has 2 aromatic carbocycles. The molecule has 7 saturated heterocycles. The number of rotatable bonds is 40. The number of carbonyl (C=O) groups is 2. The molecule has 7 aliphatic rings. The number of amides is 4. The second-order valence-electron chi connectivity index (χ2n) is 23.4. The maximum absolute atomic E-state index is 12.6. The first-order valence-corrected chi connectivity index (χ1v) is 30.7. The van der Waals surface area contributed by atoms with Crippen molar-refractivity contribution in [1.82, 2.24) is 34.6 Å². The van der Waals surface area contributed by atoms with Gasteiger partial charge in [0.1, 0.15) is 80.0 Å². The zero-order valence-electron chi connectivity index (χ0n) is 56.1. The van der Waals surface area contributed by atoms with E-state index in [2.05, 4.69) is 101 Å². The molecule has 10 rings (SSSR count). The number of carbonyl (C=O) groups excluding carboxylic acids is 2. The summed E-state index contributed by atoms with van der Waals surface area (Å²) in [7, 11) is 15.4. The number of epoxide rings is 5. The third kappa shape index (κ3) is 22.3. The smallest absolute Gasteiger partial charge is 0.327 e. The van der Waals surface area contributed by atoms with E-state index in [4.69, 9.17) is 75.8 Å². The number of allylic oxidation sites excluding steroid dienone is 1. The second kappa shape index (κ2) is 37.1. The van der Waals surface area contributed by atoms with Crippen LogP contribution in [0.5, 0.6) is 0 Å². The van der Waals surface area contributed by atoms with E-state index in [0.29, 0.717) is 55.0 Å². The van der Waals surface area contributed by atoms with Gasteiger partial charge in [-0.2, -0.15) is 15.0 Å². The van der Waals surface area contributed by atoms with Crippen LogP contribution in [0.15, 0.2) is 60.9 Å². The highest BCUT2D eigenvalue weighted by Crippen LogP contribution is 2.35. The number of benzene rings is 2. The van der Waals surface area contributed by atoms with Gasteiger partial charge in [-0.3, -0.25) is 34.3 Å². The van der Waals surface area contributed by atoms with E-state index in [1.807, 2.05) is 0 Å². The lowest BCUT2D eigenvalue weighted by Crippen LogP contribution is -2.48. The molecule has 0 saturated carbocycles. The highest BCUT2D eigenvalue weighted by atomic mass is 16.6. The number of methoxy groups -OCH3 is 10. The van der Waals surface area contributed by atoms with Crippen molar-refractivity contribution < 1.29 is 85.4 Å². The van der Waals surface area contributed by atoms with Gasteiger partial charge in [-0.15, -0.1) is 0 Å². The minimum absolute atomic E-state index is 0.0640. The number of aromatic nitrogens is 3. The molecular weight excluding hydrogens is 1200 g/mol. The first-order valence-electron chi connectivity index (χ1n) is 30.7. The predicted molar refractivity (Wildman–Crippen MR) is 340 cm³/mol. The van der Waals surface area contributed by atoms with Crippen molar-refractivity contribution in [2.45, 2.75) is 76.5 Å². The molecule has 7 fully saturated rings. The number of nitrogens with zero attached hydrogens (tertiary/aromatic N) is 12. The summed E-state index contributed by atoms with van der Waals surface area (Å²) in [5.41, 5.74) is 5.26. The molecule has 30 nitrogen and oxygen atoms in total. The minimum Gasteiger partial charge on any atom is -0.495 e. The van der Waals surface area contributed by atoms with Crippen LogP contribution in [0.1, 0.15) is 38.3 Å². The molecule has 0 aliphatic carbocycles. The molecule has 92 heavy (non-hydrogen) atoms. The Kier molecular flexibility index (Phi) is 29.6. The molecule has 0 N–H and O–H groups in total. The lowest BCUT2D eigenvalue weighted by atomic mass is 9.88. The molecular formula is C62H100N12O18. The van der Waals surface area contributed by atoms with Gasteiger partial charge in [0.05, 0.1) is 63.2 Å². The van der Waals surface area contributed by atoms with Gasteiger partial charge in [0.25, 0.3) is 0 Å². The van der Waals surface area contributed by atoms with Crippen LogP contribution in [0.2, 0.25) is 0 Å². The molecule has 5 atom stereocenters. The summed E-state index contributed by atoms with van der Waals surface area (Å²) < 4.78 is 84.0. The van der Waals surface area contributed by atoms with Gasteiger partial charge in [0.2, 0.25) is 17.8 Å². The Balaban J connectivity index is 0.000000182. The van der Waals surface area contributed by atoms with Gasteiger partial charge >= 0.3 is 12.1 Å². The molecule has 1 aromatic heterocycles. The van der Waals surface area contributed by atoms with Crippen LogP contribution in [-0.4, -0.2) is 294 Å². The average molecular weight is 1300 g/mol. The molecule has 3 aromatic rings. The molecule has 0 radical (unpaired) electrons. The normalized spacial score (nSPS) is 21.3. The summed E-state index contributed by atoms with van der Waals surface area (Å²) >= 11 is 0. The highest BCUT2D eigenvalue weighted by molar-refractivity contribution is 5.85. The van der Waals surface area contributed by atoms with Gasteiger partial charge in [-0.1, -0.05) is 51.6 Å². The van der Waals surface area contributed by atoms with Crippen LogP contribution in [0.25, 0.3) is 0 Å². The van der Waals surface area contributed by atoms with Crippen molar-refractivity contribution in [2.24, 2.45) is 5.41 Å². The van der Waals surface area contributed by atoms with Crippen molar-refractivity contribution in [3.63, 3.8) is 0 Å². The van der Waals surface area contributed by atoms with E-state index < -0.39 is 12.3 Å². The van der Waals surface area contributed by atoms with Crippen molar-refractivity contribution in [3.8, 4) is 0 Å². The van der Waals surface area contributed by atoms with Crippen molar-refractivity contribution >= 4 is 41.3 Å². The van der Waals surface area contributed by atoms with Gasteiger partial charge in [-0.25, -0.2) is 9.59 Å². The summed E-state index contributed by atoms with van der Waals surface area (Å²) in [6, 6.07) is 17.4. The molecule has 4 amide bonds. The first-order chi connectivity index (χ1) is 44.6. The van der Waals surface area contributed by atoms with Crippen LogP contribution < -0.4 is 24.5 Å². The summed E-state index contributed by atoms with van der Waals surface area (Å²) in [4.78, 5) is 54.4. The molecule has 30 heteroatoms. The fraction of sp³-hybridized carbons (Fsp3) is 0.694. The number of hydrogen-bond acceptors (Lipinski definition) is 26. The van der Waals surface area contributed by atoms with Gasteiger partial charge in [0, 0.05) is 114 Å². The zero-order chi connectivity index (χ0) is 66.2. The van der Waals surface area contributed by atoms with Gasteiger partial charge in [-0.05, 0) is 48.2 Å². The summed E-state index contributed by atoms with van der Waals surface area (Å²) in [5, 5.41) is 0. The average Bonchev–Trinajstić information content (AvgIpc) is 1.57. The Bertz CT molecular complexity index is 2380. The number of ether oxygens (including phenoxy) is 16. The van der Waals surface area contributed by atoms with Crippen LogP contribution in [-0.2, 0) is 82.2 Å². The summed E-state index contributed by atoms with van der Waals surface area (Å²) in [6.45, 7) is 20.9. The fourth-order valence-corrected chi connectivity index (χ4v) is 9.89. The summed E-state index contributed by atoms with van der Waals surface area (Å²) in [5.74, 6) is 1.98. The largest absolute Gasteiger partial charge is 0.495 e. The van der Waals surface area contributed by atoms with E-state index in [-0.39, 0.29) is 84.8 Å². The van der Waals surface area contributed by atoms with Crippen molar-refractivity contribution in [2.75, 3.05) is 229 Å². The molecule has 516 valence electrons. The molecule has 5 unspecified atom stereocenters. The van der Waals surface area contributed by atoms with Crippen molar-refractivity contribution in [1.29, 1.82) is 0 Å². The first kappa shape index (κ1) is 73.3. The predicted octanol–water partition coefficient (Wildman–Crippen LogP) is 4.28. The molecule has 0 bridgehead atoms. The molecule has 7 aliphatic heterocycles. The van der Waals surface area contributed by atoms with Crippen LogP contribution in [0.4, 0.5) is 38.8 Å². The third-order valence-electron chi connectivity index (χ3n) is 15.6. The number of hydrogen-bond donors (Lipinski definition) is 0. The maximum Gasteiger partial charge on any atom is 0.327 e. The standard InChI is InChI=1S/C25H30N2O4.C15H30N6O6.C12H22N4O6.C10H18O2/c1-5-20(26(10-22-14-28-22)11-23-15-29-23)6-2-18(1)9-19-3-7-21(8-4-19)27(12-24-16-30-24)13-25-17-31-25;1-22-7-19(8-23-2)13-16-14(20(9-24-3)10-25-4)18-15(17-13)21(11-26-5)12-27-6;1-19-5-13-9-10(15(7-21-3)11(13)17)16(8-22-4)12(18)14(9)6-20-2;1-5-10(3,4)8(2)11-6-9-7-12-9/h1-8,22-25H,9-17H2;7-12H2,1-6H3;9-10H,5-8H2,1-4H3;9H,2,5-7H2,1,3-4H3. The van der Waals surface area contributed by atoms with Crippen LogP contribution in [0.3, 0.4) is 0 Å². The van der Waals surface area contributed by atoms with Crippen LogP contribution >= 0.6 is 0 Å². The second-order valence-corrected chi connectivity index (χ2v) is 23.4. The number of urea groups is 2. The van der Waals surface area contributed by atoms with Gasteiger partial charge in [0.15, 0.2) is 12.3 Å². The third-order valence-corrected chi connectivity index (χ3v) is 15.6. The Morgan fingerprint density at radius 2 is 0.728 bits per heavy atom. The summed E-state index contributed by atoms with van der Waals surface area (Å²) in [6.07, 6.45) is 2.81. The topological polar surface area (TPSA) is 266 Å². The minimum atomic E-state index is -0.523. The van der Waals surface area contributed by atoms with E-state index in [0.717, 1.165) is 77.8 Å². The van der Waals surface area contributed by atoms with Gasteiger partial charge < -0.3 is 85.6 Å². The number of anilines is 5.